The van der Waals surface area contributed by atoms with E-state index in [1.807, 2.05) is 24.5 Å². The highest BCUT2D eigenvalue weighted by molar-refractivity contribution is 6.03. The Labute approximate surface area is 186 Å². The molecule has 0 N–H and O–H groups in total. The molecular formula is C30H20N2. The summed E-state index contributed by atoms with van der Waals surface area (Å²) >= 11 is 0. The largest absolute Gasteiger partial charge is 0.254 e. The third-order valence-corrected chi connectivity index (χ3v) is 5.97. The van der Waals surface area contributed by atoms with E-state index < -0.39 is 0 Å². The molecule has 2 aromatic heterocycles. The number of hydrogen-bond acceptors (Lipinski definition) is 2. The van der Waals surface area contributed by atoms with E-state index in [0.29, 0.717) is 0 Å². The molecule has 32 heavy (non-hydrogen) atoms. The average Bonchev–Trinajstić information content (AvgIpc) is 2.89. The van der Waals surface area contributed by atoms with E-state index in [-0.39, 0.29) is 0 Å². The Morgan fingerprint density at radius 3 is 1.56 bits per heavy atom. The first-order chi connectivity index (χ1) is 15.8. The minimum Gasteiger partial charge on any atom is -0.254 e. The van der Waals surface area contributed by atoms with Gasteiger partial charge in [0.05, 0.1) is 11.0 Å². The highest BCUT2D eigenvalue weighted by atomic mass is 14.7. The summed E-state index contributed by atoms with van der Waals surface area (Å²) in [5.41, 5.74) is 9.05. The fourth-order valence-electron chi connectivity index (χ4n) is 4.24. The standard InChI is InChI=1S/C30H20N2/c1-2-5-21(6-3-1)22-8-10-23(11-9-22)24-12-14-25(15-13-24)28-19-27-17-16-26-7-4-18-31-29(26)30(27)32-20-28/h1-20H. The number of benzene rings is 4. The van der Waals surface area contributed by atoms with E-state index >= 15 is 0 Å². The third-order valence-electron chi connectivity index (χ3n) is 5.97. The van der Waals surface area contributed by atoms with Gasteiger partial charge < -0.3 is 0 Å². The van der Waals surface area contributed by atoms with Crippen LogP contribution in [0, 0.1) is 0 Å². The molecule has 0 spiro atoms. The zero-order chi connectivity index (χ0) is 21.3. The molecule has 2 nitrogen and oxygen atoms in total. The van der Waals surface area contributed by atoms with Crippen LogP contribution >= 0.6 is 0 Å². The lowest BCUT2D eigenvalue weighted by Crippen LogP contribution is -1.87. The van der Waals surface area contributed by atoms with Crippen molar-refractivity contribution in [2.45, 2.75) is 0 Å². The predicted octanol–water partition coefficient (Wildman–Crippen LogP) is 7.78. The van der Waals surface area contributed by atoms with Crippen molar-refractivity contribution in [3.63, 3.8) is 0 Å². The van der Waals surface area contributed by atoms with Gasteiger partial charge in [-0.3, -0.25) is 9.97 Å². The van der Waals surface area contributed by atoms with E-state index in [0.717, 1.165) is 32.9 Å². The highest BCUT2D eigenvalue weighted by Crippen LogP contribution is 2.29. The van der Waals surface area contributed by atoms with Crippen molar-refractivity contribution in [2.24, 2.45) is 0 Å². The predicted molar refractivity (Wildman–Crippen MR) is 133 cm³/mol. The maximum atomic E-state index is 4.74. The fraction of sp³-hybridized carbons (Fsp3) is 0. The SMILES string of the molecule is c1ccc(-c2ccc(-c3ccc(-c4cnc5c(ccc6cccnc65)c4)cc3)cc2)cc1. The van der Waals surface area contributed by atoms with Crippen LogP contribution in [0.2, 0.25) is 0 Å². The third kappa shape index (κ3) is 3.32. The van der Waals surface area contributed by atoms with Gasteiger partial charge in [-0.25, -0.2) is 0 Å². The van der Waals surface area contributed by atoms with E-state index in [9.17, 15) is 0 Å². The molecule has 0 aliphatic carbocycles. The number of fused-ring (bicyclic) bond motifs is 3. The number of aromatic nitrogens is 2. The lowest BCUT2D eigenvalue weighted by Gasteiger charge is -2.08. The molecule has 2 heteroatoms. The summed E-state index contributed by atoms with van der Waals surface area (Å²) in [6, 6.07) is 38.4. The molecule has 0 atom stereocenters. The van der Waals surface area contributed by atoms with Gasteiger partial charge in [-0.05, 0) is 39.9 Å². The minimum absolute atomic E-state index is 0.946. The topological polar surface area (TPSA) is 25.8 Å². The summed E-state index contributed by atoms with van der Waals surface area (Å²) in [5, 5.41) is 2.22. The smallest absolute Gasteiger partial charge is 0.0964 e. The zero-order valence-corrected chi connectivity index (χ0v) is 17.4. The second-order valence-corrected chi connectivity index (χ2v) is 7.96. The Morgan fingerprint density at radius 2 is 0.906 bits per heavy atom. The lowest BCUT2D eigenvalue weighted by molar-refractivity contribution is 1.37. The van der Waals surface area contributed by atoms with E-state index in [1.165, 1.54) is 22.3 Å². The highest BCUT2D eigenvalue weighted by Gasteiger charge is 2.06. The molecule has 2 heterocycles. The van der Waals surface area contributed by atoms with Crippen LogP contribution in [-0.2, 0) is 0 Å². The molecule has 4 aromatic carbocycles. The molecular weight excluding hydrogens is 388 g/mol. The number of pyridine rings is 2. The lowest BCUT2D eigenvalue weighted by atomic mass is 9.98. The zero-order valence-electron chi connectivity index (χ0n) is 17.4. The van der Waals surface area contributed by atoms with Gasteiger partial charge >= 0.3 is 0 Å². The van der Waals surface area contributed by atoms with E-state index in [1.54, 1.807) is 0 Å². The van der Waals surface area contributed by atoms with Crippen molar-refractivity contribution in [1.82, 2.24) is 9.97 Å². The summed E-state index contributed by atoms with van der Waals surface area (Å²) in [6.45, 7) is 0. The summed E-state index contributed by atoms with van der Waals surface area (Å²) in [7, 11) is 0. The first kappa shape index (κ1) is 18.5. The normalized spacial score (nSPS) is 11.1. The van der Waals surface area contributed by atoms with Crippen molar-refractivity contribution in [3.05, 3.63) is 122 Å². The van der Waals surface area contributed by atoms with Crippen LogP contribution in [-0.4, -0.2) is 9.97 Å². The molecule has 0 fully saturated rings. The molecule has 0 saturated heterocycles. The maximum absolute atomic E-state index is 4.74. The van der Waals surface area contributed by atoms with Crippen LogP contribution in [0.25, 0.3) is 55.2 Å². The molecule has 150 valence electrons. The van der Waals surface area contributed by atoms with Crippen LogP contribution in [0.1, 0.15) is 0 Å². The maximum Gasteiger partial charge on any atom is 0.0964 e. The van der Waals surface area contributed by atoms with Crippen molar-refractivity contribution in [2.75, 3.05) is 0 Å². The molecule has 0 unspecified atom stereocenters. The van der Waals surface area contributed by atoms with Crippen molar-refractivity contribution >= 4 is 21.8 Å². The Bertz CT molecular complexity index is 1530. The molecule has 0 radical (unpaired) electrons. The number of rotatable bonds is 3. The minimum atomic E-state index is 0.946. The van der Waals surface area contributed by atoms with Gasteiger partial charge in [0.2, 0.25) is 0 Å². The van der Waals surface area contributed by atoms with Crippen LogP contribution in [0.4, 0.5) is 0 Å². The van der Waals surface area contributed by atoms with Gasteiger partial charge in [0.25, 0.3) is 0 Å². The number of nitrogens with zero attached hydrogens (tertiary/aromatic N) is 2. The van der Waals surface area contributed by atoms with E-state index in [2.05, 4.69) is 102 Å². The molecule has 0 aliphatic rings. The van der Waals surface area contributed by atoms with Gasteiger partial charge in [0.1, 0.15) is 0 Å². The van der Waals surface area contributed by atoms with Crippen molar-refractivity contribution < 1.29 is 0 Å². The Morgan fingerprint density at radius 1 is 0.375 bits per heavy atom. The summed E-state index contributed by atoms with van der Waals surface area (Å²) in [6.07, 6.45) is 3.77. The second-order valence-electron chi connectivity index (χ2n) is 7.96. The quantitative estimate of drug-likeness (QED) is 0.279. The van der Waals surface area contributed by atoms with Gasteiger partial charge in [-0.1, -0.05) is 97.1 Å². The Kier molecular flexibility index (Phi) is 4.47. The molecule has 0 saturated carbocycles. The van der Waals surface area contributed by atoms with Crippen LogP contribution < -0.4 is 0 Å². The van der Waals surface area contributed by atoms with Gasteiger partial charge in [-0.2, -0.15) is 0 Å². The first-order valence-corrected chi connectivity index (χ1v) is 10.7. The summed E-state index contributed by atoms with van der Waals surface area (Å²) in [4.78, 5) is 9.26. The van der Waals surface area contributed by atoms with Crippen LogP contribution in [0.3, 0.4) is 0 Å². The monoisotopic (exact) mass is 408 g/mol. The fourth-order valence-corrected chi connectivity index (χ4v) is 4.24. The second kappa shape index (κ2) is 7.75. The molecule has 0 bridgehead atoms. The van der Waals surface area contributed by atoms with Crippen molar-refractivity contribution in [1.29, 1.82) is 0 Å². The van der Waals surface area contributed by atoms with Gasteiger partial charge in [0.15, 0.2) is 0 Å². The van der Waals surface area contributed by atoms with Gasteiger partial charge in [-0.15, -0.1) is 0 Å². The molecule has 0 aliphatic heterocycles. The summed E-state index contributed by atoms with van der Waals surface area (Å²) in [5.74, 6) is 0. The molecule has 0 amide bonds. The molecule has 6 rings (SSSR count). The molecule has 6 aromatic rings. The average molecular weight is 409 g/mol. The van der Waals surface area contributed by atoms with Gasteiger partial charge in [0, 0.05) is 28.7 Å². The first-order valence-electron chi connectivity index (χ1n) is 10.7. The summed E-state index contributed by atoms with van der Waals surface area (Å²) < 4.78 is 0. The van der Waals surface area contributed by atoms with Crippen molar-refractivity contribution in [3.8, 4) is 33.4 Å². The van der Waals surface area contributed by atoms with Crippen LogP contribution in [0.5, 0.6) is 0 Å². The Balaban J connectivity index is 1.31. The van der Waals surface area contributed by atoms with E-state index in [4.69, 9.17) is 4.98 Å². The number of hydrogen-bond donors (Lipinski definition) is 0. The van der Waals surface area contributed by atoms with Crippen LogP contribution in [0.15, 0.2) is 122 Å². The Hall–Kier alpha value is -4.30.